The summed E-state index contributed by atoms with van der Waals surface area (Å²) in [6.45, 7) is 11.2. The van der Waals surface area contributed by atoms with Gasteiger partial charge in [-0.2, -0.15) is 5.10 Å². The second-order valence-corrected chi connectivity index (χ2v) is 3.75. The van der Waals surface area contributed by atoms with Gasteiger partial charge in [-0.3, -0.25) is 9.48 Å². The summed E-state index contributed by atoms with van der Waals surface area (Å²) in [5.41, 5.74) is 0.474. The van der Waals surface area contributed by atoms with E-state index < -0.39 is 0 Å². The van der Waals surface area contributed by atoms with E-state index in [-0.39, 0.29) is 5.91 Å². The monoisotopic (exact) mass is 233 g/mol. The van der Waals surface area contributed by atoms with Crippen LogP contribution in [-0.4, -0.2) is 33.7 Å². The zero-order valence-electron chi connectivity index (χ0n) is 10.3. The van der Waals surface area contributed by atoms with E-state index in [0.717, 1.165) is 13.0 Å². The summed E-state index contributed by atoms with van der Waals surface area (Å²) >= 11 is 0. The van der Waals surface area contributed by atoms with Crippen LogP contribution in [0.2, 0.25) is 0 Å². The zero-order valence-corrected chi connectivity index (χ0v) is 10.3. The molecule has 0 saturated carbocycles. The van der Waals surface area contributed by atoms with Gasteiger partial charge in [0.1, 0.15) is 5.69 Å². The van der Waals surface area contributed by atoms with Crippen molar-refractivity contribution in [2.75, 3.05) is 13.1 Å². The van der Waals surface area contributed by atoms with Crippen molar-refractivity contribution in [2.24, 2.45) is 0 Å². The summed E-state index contributed by atoms with van der Waals surface area (Å²) in [4.78, 5) is 13.7. The summed E-state index contributed by atoms with van der Waals surface area (Å²) in [7, 11) is 0. The third kappa shape index (κ3) is 3.59. The zero-order chi connectivity index (χ0) is 12.7. The highest BCUT2D eigenvalue weighted by molar-refractivity contribution is 5.92. The molecule has 1 heterocycles. The van der Waals surface area contributed by atoms with Gasteiger partial charge >= 0.3 is 0 Å². The summed E-state index contributed by atoms with van der Waals surface area (Å²) in [5.74, 6) is -0.0837. The molecule has 0 bridgehead atoms. The lowest BCUT2D eigenvalue weighted by atomic mass is 10.3. The van der Waals surface area contributed by atoms with E-state index >= 15 is 0 Å². The summed E-state index contributed by atoms with van der Waals surface area (Å²) < 4.78 is 1.78. The maximum atomic E-state index is 12.1. The average Bonchev–Trinajstić information content (AvgIpc) is 2.77. The predicted octanol–water partition coefficient (Wildman–Crippen LogP) is 2.11. The maximum absolute atomic E-state index is 12.1. The van der Waals surface area contributed by atoms with Crippen molar-refractivity contribution in [1.82, 2.24) is 14.7 Å². The van der Waals surface area contributed by atoms with E-state index in [1.807, 2.05) is 6.20 Å². The number of aromatic nitrogens is 2. The van der Waals surface area contributed by atoms with Crippen LogP contribution in [-0.2, 0) is 6.54 Å². The second-order valence-electron chi connectivity index (χ2n) is 3.75. The van der Waals surface area contributed by atoms with Crippen molar-refractivity contribution in [3.05, 3.63) is 43.3 Å². The molecule has 0 aliphatic rings. The minimum atomic E-state index is -0.0837. The number of hydrogen-bond acceptors (Lipinski definition) is 2. The van der Waals surface area contributed by atoms with E-state index in [2.05, 4.69) is 25.2 Å². The predicted molar refractivity (Wildman–Crippen MR) is 68.8 cm³/mol. The van der Waals surface area contributed by atoms with E-state index in [9.17, 15) is 4.79 Å². The molecule has 1 aromatic rings. The molecule has 0 aromatic carbocycles. The Hall–Kier alpha value is -1.84. The van der Waals surface area contributed by atoms with Crippen molar-refractivity contribution < 1.29 is 4.79 Å². The van der Waals surface area contributed by atoms with E-state index in [0.29, 0.717) is 18.8 Å². The third-order valence-corrected chi connectivity index (χ3v) is 2.30. The summed E-state index contributed by atoms with van der Waals surface area (Å²) in [6, 6.07) is 1.75. The molecule has 1 aromatic heterocycles. The van der Waals surface area contributed by atoms with Gasteiger partial charge in [0.25, 0.3) is 5.91 Å². The lowest BCUT2D eigenvalue weighted by molar-refractivity contribution is 0.0784. The molecular weight excluding hydrogens is 214 g/mol. The molecule has 0 fully saturated rings. The number of rotatable bonds is 7. The molecular formula is C13H19N3O. The number of nitrogens with zero attached hydrogens (tertiary/aromatic N) is 3. The molecule has 0 aliphatic heterocycles. The first-order valence-electron chi connectivity index (χ1n) is 5.77. The van der Waals surface area contributed by atoms with Gasteiger partial charge in [0.05, 0.1) is 0 Å². The van der Waals surface area contributed by atoms with Crippen LogP contribution in [0.5, 0.6) is 0 Å². The topological polar surface area (TPSA) is 38.1 Å². The fourth-order valence-electron chi connectivity index (χ4n) is 1.54. The Morgan fingerprint density at radius 1 is 1.47 bits per heavy atom. The molecule has 4 heteroatoms. The van der Waals surface area contributed by atoms with Crippen LogP contribution in [0.25, 0.3) is 0 Å². The van der Waals surface area contributed by atoms with Crippen LogP contribution >= 0.6 is 0 Å². The van der Waals surface area contributed by atoms with Gasteiger partial charge in [-0.05, 0) is 12.5 Å². The first-order valence-corrected chi connectivity index (χ1v) is 5.77. The second kappa shape index (κ2) is 6.68. The van der Waals surface area contributed by atoms with E-state index in [4.69, 9.17) is 0 Å². The van der Waals surface area contributed by atoms with E-state index in [1.165, 1.54) is 0 Å². The number of carbonyl (C=O) groups excluding carboxylic acids is 1. The molecule has 1 rings (SSSR count). The molecule has 0 atom stereocenters. The molecule has 1 amide bonds. The van der Waals surface area contributed by atoms with Crippen LogP contribution in [0, 0.1) is 0 Å². The number of carbonyl (C=O) groups is 1. The van der Waals surface area contributed by atoms with Crippen LogP contribution in [0.4, 0.5) is 0 Å². The van der Waals surface area contributed by atoms with Crippen molar-refractivity contribution >= 4 is 5.91 Å². The molecule has 0 spiro atoms. The van der Waals surface area contributed by atoms with Gasteiger partial charge in [0.2, 0.25) is 0 Å². The van der Waals surface area contributed by atoms with Crippen molar-refractivity contribution in [1.29, 1.82) is 0 Å². The minimum absolute atomic E-state index is 0.0837. The molecule has 0 radical (unpaired) electrons. The lowest BCUT2D eigenvalue weighted by Crippen LogP contribution is -2.31. The number of amides is 1. The van der Waals surface area contributed by atoms with Crippen LogP contribution in [0.1, 0.15) is 23.8 Å². The Labute approximate surface area is 102 Å². The van der Waals surface area contributed by atoms with Gasteiger partial charge in [-0.25, -0.2) is 0 Å². The number of aryl methyl sites for hydroxylation is 1. The normalized spacial score (nSPS) is 9.94. The molecule has 92 valence electrons. The Bertz CT molecular complexity index is 385. The molecule has 17 heavy (non-hydrogen) atoms. The quantitative estimate of drug-likeness (QED) is 0.676. The molecule has 0 saturated heterocycles. The fraction of sp³-hybridized carbons (Fsp3) is 0.385. The highest BCUT2D eigenvalue weighted by Gasteiger charge is 2.15. The first-order chi connectivity index (χ1) is 8.22. The van der Waals surface area contributed by atoms with Gasteiger partial charge in [-0.1, -0.05) is 19.1 Å². The minimum Gasteiger partial charge on any atom is -0.330 e. The lowest BCUT2D eigenvalue weighted by Gasteiger charge is -2.17. The van der Waals surface area contributed by atoms with Crippen LogP contribution < -0.4 is 0 Å². The smallest absolute Gasteiger partial charge is 0.274 e. The van der Waals surface area contributed by atoms with Gasteiger partial charge in [0, 0.05) is 25.8 Å². The largest absolute Gasteiger partial charge is 0.330 e. The maximum Gasteiger partial charge on any atom is 0.274 e. The molecule has 0 aliphatic carbocycles. The van der Waals surface area contributed by atoms with Crippen molar-refractivity contribution in [3.8, 4) is 0 Å². The molecule has 0 unspecified atom stereocenters. The summed E-state index contributed by atoms with van der Waals surface area (Å²) in [5, 5.41) is 4.24. The highest BCUT2D eigenvalue weighted by Crippen LogP contribution is 2.03. The highest BCUT2D eigenvalue weighted by atomic mass is 16.2. The summed E-state index contributed by atoms with van der Waals surface area (Å²) in [6.07, 6.45) is 6.23. The van der Waals surface area contributed by atoms with Crippen LogP contribution in [0.15, 0.2) is 37.6 Å². The average molecular weight is 233 g/mol. The van der Waals surface area contributed by atoms with Gasteiger partial charge in [0.15, 0.2) is 0 Å². The SMILES string of the molecule is C=CCN(CC=C)C(=O)c1ccn(CCC)n1. The van der Waals surface area contributed by atoms with Crippen molar-refractivity contribution in [3.63, 3.8) is 0 Å². The Kier molecular flexibility index (Phi) is 5.20. The number of hydrogen-bond donors (Lipinski definition) is 0. The van der Waals surface area contributed by atoms with Crippen molar-refractivity contribution in [2.45, 2.75) is 19.9 Å². The Balaban J connectivity index is 2.77. The molecule has 4 nitrogen and oxygen atoms in total. The Morgan fingerprint density at radius 2 is 2.12 bits per heavy atom. The van der Waals surface area contributed by atoms with Gasteiger partial charge < -0.3 is 4.90 Å². The first kappa shape index (κ1) is 13.2. The van der Waals surface area contributed by atoms with Gasteiger partial charge in [-0.15, -0.1) is 13.2 Å². The Morgan fingerprint density at radius 3 is 2.65 bits per heavy atom. The molecule has 0 N–H and O–H groups in total. The third-order valence-electron chi connectivity index (χ3n) is 2.30. The van der Waals surface area contributed by atoms with E-state index in [1.54, 1.807) is 27.8 Å². The van der Waals surface area contributed by atoms with Crippen LogP contribution in [0.3, 0.4) is 0 Å². The fourth-order valence-corrected chi connectivity index (χ4v) is 1.54. The standard InChI is InChI=1S/C13H19N3O/c1-4-8-15(9-5-2)13(17)12-7-11-16(14-12)10-6-3/h4-5,7,11H,1-2,6,8-10H2,3H3.